The minimum atomic E-state index is 1.35. The summed E-state index contributed by atoms with van der Waals surface area (Å²) < 4.78 is 1.37. The van der Waals surface area contributed by atoms with Crippen molar-refractivity contribution in [2.24, 2.45) is 0 Å². The minimum absolute atomic E-state index is 1.35. The fourth-order valence-corrected chi connectivity index (χ4v) is 1.70. The molecule has 0 nitrogen and oxygen atoms in total. The van der Waals surface area contributed by atoms with Gasteiger partial charge in [0.25, 0.3) is 0 Å². The molecule has 0 bridgehead atoms. The highest BCUT2D eigenvalue weighted by atomic mass is 32.1. The maximum absolute atomic E-state index is 2.14. The van der Waals surface area contributed by atoms with Gasteiger partial charge in [0.15, 0.2) is 0 Å². The second-order valence-corrected chi connectivity index (χ2v) is 2.91. The van der Waals surface area contributed by atoms with E-state index in [1.54, 1.807) is 11.3 Å². The zero-order valence-corrected chi connectivity index (χ0v) is 9.69. The third-order valence-electron chi connectivity index (χ3n) is 1.36. The molecule has 0 amide bonds. The lowest BCUT2D eigenvalue weighted by Gasteiger charge is -1.82. The molecule has 0 saturated heterocycles. The van der Waals surface area contributed by atoms with Crippen LogP contribution in [0.3, 0.4) is 0 Å². The zero-order chi connectivity index (χ0) is 10.1. The smallest absolute Gasteiger partial charge is 0.0342 e. The van der Waals surface area contributed by atoms with Crippen LogP contribution < -0.4 is 0 Å². The van der Waals surface area contributed by atoms with E-state index >= 15 is 0 Å². The number of fused-ring (bicyclic) bond motifs is 1. The maximum atomic E-state index is 2.14. The average Bonchev–Trinajstić information content (AvgIpc) is 2.71. The summed E-state index contributed by atoms with van der Waals surface area (Å²) in [6, 6.07) is 10.5. The molecule has 0 radical (unpaired) electrons. The standard InChI is InChI=1S/C8H6S.2C2H6/c1-2-4-8-7(3-1)5-6-9-8;2*1-2/h1-6H;2*1-2H3. The Bertz CT molecular complexity index is 279. The average molecular weight is 194 g/mol. The number of hydrogen-bond acceptors (Lipinski definition) is 1. The Morgan fingerprint density at radius 3 is 2.08 bits per heavy atom. The number of thiophene rings is 1. The second-order valence-electron chi connectivity index (χ2n) is 1.96. The van der Waals surface area contributed by atoms with E-state index < -0.39 is 0 Å². The molecule has 2 rings (SSSR count). The van der Waals surface area contributed by atoms with Crippen LogP contribution in [-0.2, 0) is 0 Å². The third kappa shape index (κ3) is 3.60. The van der Waals surface area contributed by atoms with Crippen molar-refractivity contribution in [1.29, 1.82) is 0 Å². The van der Waals surface area contributed by atoms with E-state index in [0.717, 1.165) is 0 Å². The van der Waals surface area contributed by atoms with Crippen molar-refractivity contribution in [2.45, 2.75) is 27.7 Å². The van der Waals surface area contributed by atoms with E-state index in [9.17, 15) is 0 Å². The molecule has 1 aromatic carbocycles. The molecule has 0 saturated carbocycles. The molecule has 0 spiro atoms. The quantitative estimate of drug-likeness (QED) is 0.556. The molecular weight excluding hydrogens is 176 g/mol. The first kappa shape index (κ1) is 12.2. The molecule has 0 aliphatic heterocycles. The Kier molecular flexibility index (Phi) is 7.32. The largest absolute Gasteiger partial charge is 0.144 e. The number of benzene rings is 1. The molecule has 1 aromatic heterocycles. The number of rotatable bonds is 0. The normalized spacial score (nSPS) is 8.00. The van der Waals surface area contributed by atoms with Crippen molar-refractivity contribution in [1.82, 2.24) is 0 Å². The van der Waals surface area contributed by atoms with Gasteiger partial charge in [-0.05, 0) is 22.9 Å². The van der Waals surface area contributed by atoms with Crippen LogP contribution in [0.5, 0.6) is 0 Å². The highest BCUT2D eigenvalue weighted by Crippen LogP contribution is 2.18. The lowest BCUT2D eigenvalue weighted by molar-refractivity contribution is 1.50. The van der Waals surface area contributed by atoms with Crippen LogP contribution in [0.25, 0.3) is 10.1 Å². The van der Waals surface area contributed by atoms with Crippen LogP contribution in [0.4, 0.5) is 0 Å². The van der Waals surface area contributed by atoms with Gasteiger partial charge in [-0.25, -0.2) is 0 Å². The van der Waals surface area contributed by atoms with Crippen molar-refractivity contribution in [2.75, 3.05) is 0 Å². The Morgan fingerprint density at radius 2 is 1.46 bits per heavy atom. The molecule has 72 valence electrons. The molecule has 0 aliphatic rings. The summed E-state index contributed by atoms with van der Waals surface area (Å²) in [6.07, 6.45) is 0. The summed E-state index contributed by atoms with van der Waals surface area (Å²) in [5.74, 6) is 0. The Morgan fingerprint density at radius 1 is 0.846 bits per heavy atom. The summed E-state index contributed by atoms with van der Waals surface area (Å²) in [4.78, 5) is 0. The van der Waals surface area contributed by atoms with E-state index in [0.29, 0.717) is 0 Å². The molecule has 2 aromatic rings. The van der Waals surface area contributed by atoms with E-state index in [1.807, 2.05) is 27.7 Å². The van der Waals surface area contributed by atoms with Gasteiger partial charge in [0, 0.05) is 4.70 Å². The fraction of sp³-hybridized carbons (Fsp3) is 0.333. The molecule has 1 heteroatoms. The van der Waals surface area contributed by atoms with Crippen molar-refractivity contribution in [3.05, 3.63) is 35.7 Å². The van der Waals surface area contributed by atoms with Gasteiger partial charge in [-0.3, -0.25) is 0 Å². The third-order valence-corrected chi connectivity index (χ3v) is 2.26. The summed E-state index contributed by atoms with van der Waals surface area (Å²) in [7, 11) is 0. The van der Waals surface area contributed by atoms with Gasteiger partial charge in [0.05, 0.1) is 0 Å². The summed E-state index contributed by atoms with van der Waals surface area (Å²) in [5, 5.41) is 3.47. The van der Waals surface area contributed by atoms with E-state index in [2.05, 4.69) is 35.7 Å². The first-order valence-corrected chi connectivity index (χ1v) is 5.77. The highest BCUT2D eigenvalue weighted by Gasteiger charge is 1.87. The first-order chi connectivity index (χ1) is 6.47. The van der Waals surface area contributed by atoms with Crippen molar-refractivity contribution in [3.63, 3.8) is 0 Å². The summed E-state index contributed by atoms with van der Waals surface area (Å²) in [5.41, 5.74) is 0. The predicted molar refractivity (Wildman–Crippen MR) is 64.5 cm³/mol. The van der Waals surface area contributed by atoms with Gasteiger partial charge in [-0.2, -0.15) is 0 Å². The van der Waals surface area contributed by atoms with Gasteiger partial charge >= 0.3 is 0 Å². The lowest BCUT2D eigenvalue weighted by Crippen LogP contribution is -1.56. The van der Waals surface area contributed by atoms with E-state index in [-0.39, 0.29) is 0 Å². The van der Waals surface area contributed by atoms with Crippen LogP contribution in [0, 0.1) is 0 Å². The van der Waals surface area contributed by atoms with Crippen LogP contribution >= 0.6 is 11.3 Å². The molecule has 0 aliphatic carbocycles. The van der Waals surface area contributed by atoms with Crippen LogP contribution in [-0.4, -0.2) is 0 Å². The van der Waals surface area contributed by atoms with Gasteiger partial charge < -0.3 is 0 Å². The number of hydrogen-bond donors (Lipinski definition) is 0. The minimum Gasteiger partial charge on any atom is -0.144 e. The summed E-state index contributed by atoms with van der Waals surface area (Å²) in [6.45, 7) is 8.00. The van der Waals surface area contributed by atoms with Crippen molar-refractivity contribution < 1.29 is 0 Å². The Balaban J connectivity index is 0.000000322. The molecule has 13 heavy (non-hydrogen) atoms. The maximum Gasteiger partial charge on any atom is 0.0342 e. The molecule has 0 N–H and O–H groups in total. The highest BCUT2D eigenvalue weighted by molar-refractivity contribution is 7.17. The van der Waals surface area contributed by atoms with Crippen molar-refractivity contribution in [3.8, 4) is 0 Å². The Labute approximate surface area is 85.2 Å². The topological polar surface area (TPSA) is 0 Å². The second kappa shape index (κ2) is 7.81. The van der Waals surface area contributed by atoms with E-state index in [4.69, 9.17) is 0 Å². The predicted octanol–water partition coefficient (Wildman–Crippen LogP) is 4.95. The van der Waals surface area contributed by atoms with Crippen LogP contribution in [0.2, 0.25) is 0 Å². The van der Waals surface area contributed by atoms with Gasteiger partial charge in [0.2, 0.25) is 0 Å². The van der Waals surface area contributed by atoms with Gasteiger partial charge in [0.1, 0.15) is 0 Å². The van der Waals surface area contributed by atoms with Crippen molar-refractivity contribution >= 4 is 21.4 Å². The van der Waals surface area contributed by atoms with Crippen LogP contribution in [0.1, 0.15) is 27.7 Å². The molecule has 1 heterocycles. The molecule has 0 fully saturated rings. The molecular formula is C12H18S. The Hall–Kier alpha value is -0.820. The first-order valence-electron chi connectivity index (χ1n) is 4.89. The van der Waals surface area contributed by atoms with Gasteiger partial charge in [-0.15, -0.1) is 11.3 Å². The zero-order valence-electron chi connectivity index (χ0n) is 8.87. The summed E-state index contributed by atoms with van der Waals surface area (Å²) >= 11 is 1.79. The molecule has 0 unspecified atom stereocenters. The van der Waals surface area contributed by atoms with Gasteiger partial charge in [-0.1, -0.05) is 45.9 Å². The fourth-order valence-electron chi connectivity index (χ4n) is 0.906. The monoisotopic (exact) mass is 194 g/mol. The SMILES string of the molecule is CC.CC.c1ccc2sccc2c1. The van der Waals surface area contributed by atoms with E-state index in [1.165, 1.54) is 10.1 Å². The lowest BCUT2D eigenvalue weighted by atomic mass is 10.3. The molecule has 0 atom stereocenters. The van der Waals surface area contributed by atoms with Crippen LogP contribution in [0.15, 0.2) is 35.7 Å².